The van der Waals surface area contributed by atoms with Crippen LogP contribution >= 0.6 is 0 Å². The molecule has 0 aromatic heterocycles. The normalized spacial score (nSPS) is 23.9. The predicted octanol–water partition coefficient (Wildman–Crippen LogP) is 1.57. The van der Waals surface area contributed by atoms with Gasteiger partial charge in [0.05, 0.1) is 0 Å². The molecule has 2 rings (SSSR count). The van der Waals surface area contributed by atoms with Crippen LogP contribution in [-0.2, 0) is 4.79 Å². The molecule has 20 heavy (non-hydrogen) atoms. The van der Waals surface area contributed by atoms with E-state index in [1.54, 1.807) is 0 Å². The molecule has 2 saturated heterocycles. The van der Waals surface area contributed by atoms with Gasteiger partial charge in [0.2, 0.25) is 5.91 Å². The highest BCUT2D eigenvalue weighted by atomic mass is 16.1. The average molecular weight is 281 g/mol. The van der Waals surface area contributed by atoms with E-state index in [0.717, 1.165) is 12.5 Å². The van der Waals surface area contributed by atoms with Gasteiger partial charge in [0.25, 0.3) is 0 Å². The molecule has 0 aromatic rings. The Bertz CT molecular complexity index is 292. The van der Waals surface area contributed by atoms with Gasteiger partial charge < -0.3 is 15.1 Å². The summed E-state index contributed by atoms with van der Waals surface area (Å²) in [6.07, 6.45) is 5.83. The minimum Gasteiger partial charge on any atom is -0.356 e. The molecule has 2 fully saturated rings. The number of nitrogens with zero attached hydrogens (tertiary/aromatic N) is 2. The zero-order chi connectivity index (χ0) is 14.4. The van der Waals surface area contributed by atoms with Gasteiger partial charge in [-0.25, -0.2) is 0 Å². The zero-order valence-electron chi connectivity index (χ0n) is 13.2. The van der Waals surface area contributed by atoms with Crippen LogP contribution in [0, 0.1) is 11.8 Å². The van der Waals surface area contributed by atoms with E-state index in [1.165, 1.54) is 58.4 Å². The fourth-order valence-corrected chi connectivity index (χ4v) is 3.37. The average Bonchev–Trinajstić information content (AvgIpc) is 2.48. The van der Waals surface area contributed by atoms with Crippen molar-refractivity contribution >= 4 is 5.91 Å². The lowest BCUT2D eigenvalue weighted by molar-refractivity contribution is -0.121. The van der Waals surface area contributed by atoms with Crippen LogP contribution < -0.4 is 5.32 Å². The quantitative estimate of drug-likeness (QED) is 0.831. The number of rotatable bonds is 5. The van der Waals surface area contributed by atoms with Crippen LogP contribution in [-0.4, -0.2) is 62.0 Å². The van der Waals surface area contributed by atoms with Crippen LogP contribution in [0.5, 0.6) is 0 Å². The topological polar surface area (TPSA) is 35.6 Å². The lowest BCUT2D eigenvalue weighted by Gasteiger charge is -2.36. The summed E-state index contributed by atoms with van der Waals surface area (Å²) < 4.78 is 0. The first-order valence-electron chi connectivity index (χ1n) is 8.35. The van der Waals surface area contributed by atoms with Crippen molar-refractivity contribution < 1.29 is 4.79 Å². The van der Waals surface area contributed by atoms with E-state index >= 15 is 0 Å². The molecule has 0 atom stereocenters. The van der Waals surface area contributed by atoms with E-state index in [1.807, 2.05) is 6.92 Å². The Morgan fingerprint density at radius 3 is 2.25 bits per heavy atom. The van der Waals surface area contributed by atoms with E-state index in [-0.39, 0.29) is 5.91 Å². The Labute approximate surface area is 123 Å². The number of carbonyl (C=O) groups is 1. The second-order valence-corrected chi connectivity index (χ2v) is 6.65. The van der Waals surface area contributed by atoms with Crippen LogP contribution in [0.1, 0.15) is 39.0 Å². The van der Waals surface area contributed by atoms with E-state index < -0.39 is 0 Å². The van der Waals surface area contributed by atoms with Crippen molar-refractivity contribution in [3.05, 3.63) is 0 Å². The summed E-state index contributed by atoms with van der Waals surface area (Å²) in [5.74, 6) is 1.79. The third kappa shape index (κ3) is 5.06. The Morgan fingerprint density at radius 2 is 1.65 bits per heavy atom. The minimum absolute atomic E-state index is 0.193. The predicted molar refractivity (Wildman–Crippen MR) is 82.7 cm³/mol. The molecule has 2 heterocycles. The van der Waals surface area contributed by atoms with Gasteiger partial charge in [-0.2, -0.15) is 0 Å². The van der Waals surface area contributed by atoms with Gasteiger partial charge in [0.15, 0.2) is 0 Å². The molecule has 0 radical (unpaired) electrons. The van der Waals surface area contributed by atoms with Gasteiger partial charge in [0, 0.05) is 19.5 Å². The summed E-state index contributed by atoms with van der Waals surface area (Å²) >= 11 is 0. The third-order valence-electron chi connectivity index (χ3n) is 4.97. The maximum Gasteiger partial charge on any atom is 0.219 e. The summed E-state index contributed by atoms with van der Waals surface area (Å²) in [6, 6.07) is 0. The van der Waals surface area contributed by atoms with Crippen LogP contribution in [0.4, 0.5) is 0 Å². The van der Waals surface area contributed by atoms with Gasteiger partial charge in [-0.3, -0.25) is 4.79 Å². The number of hydrogen-bond donors (Lipinski definition) is 1. The summed E-state index contributed by atoms with van der Waals surface area (Å²) in [6.45, 7) is 9.07. The molecule has 116 valence electrons. The summed E-state index contributed by atoms with van der Waals surface area (Å²) in [5, 5.41) is 3.04. The third-order valence-corrected chi connectivity index (χ3v) is 4.97. The second-order valence-electron chi connectivity index (χ2n) is 6.65. The molecule has 2 aliphatic rings. The Morgan fingerprint density at radius 1 is 1.05 bits per heavy atom. The largest absolute Gasteiger partial charge is 0.356 e. The van der Waals surface area contributed by atoms with Crippen molar-refractivity contribution in [3.63, 3.8) is 0 Å². The number of likely N-dealkylation sites (tertiary alicyclic amines) is 2. The maximum absolute atomic E-state index is 11.3. The van der Waals surface area contributed by atoms with Crippen molar-refractivity contribution in [2.45, 2.75) is 39.0 Å². The van der Waals surface area contributed by atoms with Crippen molar-refractivity contribution in [2.75, 3.05) is 46.3 Å². The van der Waals surface area contributed by atoms with E-state index in [0.29, 0.717) is 12.3 Å². The van der Waals surface area contributed by atoms with Gasteiger partial charge in [-0.15, -0.1) is 0 Å². The molecule has 1 amide bonds. The van der Waals surface area contributed by atoms with Crippen LogP contribution in [0.15, 0.2) is 0 Å². The molecule has 2 aliphatic heterocycles. The van der Waals surface area contributed by atoms with Gasteiger partial charge in [-0.1, -0.05) is 6.92 Å². The standard InChI is InChI=1S/C16H31N3O/c1-3-16(20)17-12-14-6-10-19(11-7-14)13-15-4-8-18(2)9-5-15/h14-15H,3-13H2,1-2H3,(H,17,20). The van der Waals surface area contributed by atoms with Crippen LogP contribution in [0.25, 0.3) is 0 Å². The molecule has 1 N–H and O–H groups in total. The molecule has 0 saturated carbocycles. The maximum atomic E-state index is 11.3. The molecular weight excluding hydrogens is 250 g/mol. The van der Waals surface area contributed by atoms with Crippen LogP contribution in [0.3, 0.4) is 0 Å². The Balaban J connectivity index is 1.60. The summed E-state index contributed by atoms with van der Waals surface area (Å²) in [5.41, 5.74) is 0. The first kappa shape index (κ1) is 15.8. The number of carbonyl (C=O) groups excluding carboxylic acids is 1. The smallest absolute Gasteiger partial charge is 0.219 e. The first-order valence-corrected chi connectivity index (χ1v) is 8.35. The second kappa shape index (κ2) is 7.99. The Hall–Kier alpha value is -0.610. The first-order chi connectivity index (χ1) is 9.67. The number of amides is 1. The molecule has 0 bridgehead atoms. The van der Waals surface area contributed by atoms with Crippen LogP contribution in [0.2, 0.25) is 0 Å². The zero-order valence-corrected chi connectivity index (χ0v) is 13.2. The van der Waals surface area contributed by atoms with Crippen molar-refractivity contribution in [3.8, 4) is 0 Å². The van der Waals surface area contributed by atoms with Crippen molar-refractivity contribution in [2.24, 2.45) is 11.8 Å². The van der Waals surface area contributed by atoms with Gasteiger partial charge in [-0.05, 0) is 70.7 Å². The number of nitrogens with one attached hydrogen (secondary N) is 1. The molecule has 0 aromatic carbocycles. The van der Waals surface area contributed by atoms with Gasteiger partial charge in [0.1, 0.15) is 0 Å². The fraction of sp³-hybridized carbons (Fsp3) is 0.938. The SMILES string of the molecule is CCC(=O)NCC1CCN(CC2CCN(C)CC2)CC1. The molecule has 0 aliphatic carbocycles. The van der Waals surface area contributed by atoms with E-state index in [2.05, 4.69) is 22.2 Å². The highest BCUT2D eigenvalue weighted by Crippen LogP contribution is 2.21. The molecule has 4 heteroatoms. The lowest BCUT2D eigenvalue weighted by atomic mass is 9.93. The van der Waals surface area contributed by atoms with Crippen molar-refractivity contribution in [1.82, 2.24) is 15.1 Å². The van der Waals surface area contributed by atoms with E-state index in [4.69, 9.17) is 0 Å². The molecular formula is C16H31N3O. The molecule has 0 spiro atoms. The van der Waals surface area contributed by atoms with Crippen molar-refractivity contribution in [1.29, 1.82) is 0 Å². The number of hydrogen-bond acceptors (Lipinski definition) is 3. The summed E-state index contributed by atoms with van der Waals surface area (Å²) in [7, 11) is 2.23. The lowest BCUT2D eigenvalue weighted by Crippen LogP contribution is -2.42. The number of piperidine rings is 2. The summed E-state index contributed by atoms with van der Waals surface area (Å²) in [4.78, 5) is 16.4. The highest BCUT2D eigenvalue weighted by molar-refractivity contribution is 5.75. The Kier molecular flexibility index (Phi) is 6.30. The van der Waals surface area contributed by atoms with Gasteiger partial charge >= 0.3 is 0 Å². The van der Waals surface area contributed by atoms with E-state index in [9.17, 15) is 4.79 Å². The highest BCUT2D eigenvalue weighted by Gasteiger charge is 2.23. The molecule has 4 nitrogen and oxygen atoms in total. The fourth-order valence-electron chi connectivity index (χ4n) is 3.37. The monoisotopic (exact) mass is 281 g/mol. The molecule has 0 unspecified atom stereocenters. The minimum atomic E-state index is 0.193.